The summed E-state index contributed by atoms with van der Waals surface area (Å²) >= 11 is 1.41. The van der Waals surface area contributed by atoms with Gasteiger partial charge in [-0.1, -0.05) is 6.42 Å². The lowest BCUT2D eigenvalue weighted by Gasteiger charge is -2.26. The third-order valence-corrected chi connectivity index (χ3v) is 8.79. The van der Waals surface area contributed by atoms with Crippen LogP contribution in [-0.2, 0) is 32.4 Å². The number of fused-ring (bicyclic) bond motifs is 1. The Balaban J connectivity index is 1.42. The summed E-state index contributed by atoms with van der Waals surface area (Å²) < 4.78 is 37.8. The molecule has 1 amide bonds. The number of anilines is 1. The van der Waals surface area contributed by atoms with Gasteiger partial charge in [0.15, 0.2) is 6.61 Å². The first kappa shape index (κ1) is 22.8. The normalized spacial score (nSPS) is 16.4. The summed E-state index contributed by atoms with van der Waals surface area (Å²) in [5.74, 6) is -0.793. The number of methoxy groups -OCH3 is 1. The molecular formula is C22H26N2O6S2. The summed E-state index contributed by atoms with van der Waals surface area (Å²) in [5, 5.41) is 2.60. The largest absolute Gasteiger partial charge is 0.495 e. The Morgan fingerprint density at radius 2 is 1.88 bits per heavy atom. The first-order chi connectivity index (χ1) is 15.4. The lowest BCUT2D eigenvalue weighted by Crippen LogP contribution is -2.35. The van der Waals surface area contributed by atoms with E-state index in [9.17, 15) is 18.0 Å². The third-order valence-electron chi connectivity index (χ3n) is 5.68. The summed E-state index contributed by atoms with van der Waals surface area (Å²) in [4.78, 5) is 26.5. The number of rotatable bonds is 7. The zero-order valence-corrected chi connectivity index (χ0v) is 19.5. The van der Waals surface area contributed by atoms with Gasteiger partial charge in [0, 0.05) is 18.0 Å². The molecule has 2 heterocycles. The van der Waals surface area contributed by atoms with Gasteiger partial charge in [-0.3, -0.25) is 4.79 Å². The fourth-order valence-corrected chi connectivity index (χ4v) is 6.71. The van der Waals surface area contributed by atoms with E-state index in [2.05, 4.69) is 5.32 Å². The molecule has 1 N–H and O–H groups in total. The van der Waals surface area contributed by atoms with Crippen molar-refractivity contribution in [1.82, 2.24) is 4.31 Å². The molecule has 1 aromatic heterocycles. The van der Waals surface area contributed by atoms with E-state index in [4.69, 9.17) is 9.47 Å². The molecule has 10 heteroatoms. The van der Waals surface area contributed by atoms with Gasteiger partial charge in [0.1, 0.15) is 10.6 Å². The molecular weight excluding hydrogens is 452 g/mol. The van der Waals surface area contributed by atoms with E-state index < -0.39 is 28.5 Å². The first-order valence-electron chi connectivity index (χ1n) is 10.7. The van der Waals surface area contributed by atoms with E-state index in [1.54, 1.807) is 0 Å². The van der Waals surface area contributed by atoms with Gasteiger partial charge < -0.3 is 14.8 Å². The smallest absolute Gasteiger partial charge is 0.348 e. The van der Waals surface area contributed by atoms with Gasteiger partial charge in [0.05, 0.1) is 17.7 Å². The Kier molecular flexibility index (Phi) is 6.82. The number of thiophene rings is 1. The highest BCUT2D eigenvalue weighted by Crippen LogP contribution is 2.32. The molecule has 1 fully saturated rings. The van der Waals surface area contributed by atoms with Crippen molar-refractivity contribution in [3.05, 3.63) is 39.6 Å². The summed E-state index contributed by atoms with van der Waals surface area (Å²) in [5.41, 5.74) is 1.39. The minimum absolute atomic E-state index is 0.0839. The number of sulfonamides is 1. The molecule has 4 rings (SSSR count). The monoisotopic (exact) mass is 478 g/mol. The van der Waals surface area contributed by atoms with E-state index in [1.807, 2.05) is 6.07 Å². The number of amides is 1. The Morgan fingerprint density at radius 1 is 1.09 bits per heavy atom. The molecule has 32 heavy (non-hydrogen) atoms. The molecule has 1 aliphatic carbocycles. The highest BCUT2D eigenvalue weighted by molar-refractivity contribution is 7.89. The van der Waals surface area contributed by atoms with Crippen LogP contribution in [0.2, 0.25) is 0 Å². The van der Waals surface area contributed by atoms with Crippen LogP contribution in [-0.4, -0.2) is 51.4 Å². The van der Waals surface area contributed by atoms with E-state index in [-0.39, 0.29) is 10.6 Å². The summed E-state index contributed by atoms with van der Waals surface area (Å²) in [6.07, 6.45) is 5.73. The SMILES string of the molecule is COc1ccc(S(=O)(=O)N2CCCCC2)cc1NC(=O)COC(=O)c1cc2c(s1)CCC2. The van der Waals surface area contributed by atoms with Crippen molar-refractivity contribution in [3.63, 3.8) is 0 Å². The van der Waals surface area contributed by atoms with Crippen molar-refractivity contribution < 1.29 is 27.5 Å². The molecule has 0 atom stereocenters. The molecule has 2 aliphatic rings. The minimum atomic E-state index is -3.66. The number of ether oxygens (including phenoxy) is 2. The molecule has 0 spiro atoms. The van der Waals surface area contributed by atoms with Crippen molar-refractivity contribution >= 4 is 38.9 Å². The quantitative estimate of drug-likeness (QED) is 0.613. The number of benzene rings is 1. The zero-order valence-electron chi connectivity index (χ0n) is 17.9. The molecule has 2 aromatic rings. The molecule has 0 radical (unpaired) electrons. The van der Waals surface area contributed by atoms with Gasteiger partial charge in [0.25, 0.3) is 5.91 Å². The summed E-state index contributed by atoms with van der Waals surface area (Å²) in [7, 11) is -2.23. The maximum absolute atomic E-state index is 13.0. The van der Waals surface area contributed by atoms with Gasteiger partial charge in [-0.05, 0) is 61.9 Å². The van der Waals surface area contributed by atoms with Crippen LogP contribution >= 0.6 is 11.3 Å². The van der Waals surface area contributed by atoms with Crippen LogP contribution in [0.3, 0.4) is 0 Å². The lowest BCUT2D eigenvalue weighted by molar-refractivity contribution is -0.119. The number of carbonyl (C=O) groups is 2. The number of nitrogens with one attached hydrogen (secondary N) is 1. The number of aryl methyl sites for hydroxylation is 2. The lowest BCUT2D eigenvalue weighted by atomic mass is 10.2. The number of hydrogen-bond donors (Lipinski definition) is 1. The number of piperidine rings is 1. The average molecular weight is 479 g/mol. The second-order valence-electron chi connectivity index (χ2n) is 7.86. The molecule has 1 aromatic carbocycles. The van der Waals surface area contributed by atoms with Crippen LogP contribution < -0.4 is 10.1 Å². The fraction of sp³-hybridized carbons (Fsp3) is 0.455. The van der Waals surface area contributed by atoms with E-state index in [0.29, 0.717) is 23.7 Å². The molecule has 0 bridgehead atoms. The molecule has 8 nitrogen and oxygen atoms in total. The van der Waals surface area contributed by atoms with E-state index in [1.165, 1.54) is 51.4 Å². The van der Waals surface area contributed by atoms with E-state index in [0.717, 1.165) is 38.5 Å². The molecule has 1 saturated heterocycles. The standard InChI is InChI=1S/C22H26N2O6S2/c1-29-18-9-8-16(32(27,28)24-10-3-2-4-11-24)13-17(18)23-21(25)14-30-22(26)20-12-15-6-5-7-19(15)31-20/h8-9,12-13H,2-7,10-11,14H2,1H3,(H,23,25). The van der Waals surface area contributed by atoms with Gasteiger partial charge in [-0.25, -0.2) is 13.2 Å². The zero-order chi connectivity index (χ0) is 22.7. The van der Waals surface area contributed by atoms with Crippen LogP contribution in [0, 0.1) is 0 Å². The molecule has 172 valence electrons. The highest BCUT2D eigenvalue weighted by atomic mass is 32.2. The average Bonchev–Trinajstić information content (AvgIpc) is 3.40. The summed E-state index contributed by atoms with van der Waals surface area (Å²) in [6.45, 7) is 0.490. The maximum atomic E-state index is 13.0. The van der Waals surface area contributed by atoms with Crippen molar-refractivity contribution in [2.45, 2.75) is 43.4 Å². The number of carbonyl (C=O) groups excluding carboxylic acids is 2. The van der Waals surface area contributed by atoms with Crippen molar-refractivity contribution in [3.8, 4) is 5.75 Å². The Labute approximate surface area is 191 Å². The van der Waals surface area contributed by atoms with Gasteiger partial charge in [-0.2, -0.15) is 4.31 Å². The van der Waals surface area contributed by atoms with E-state index >= 15 is 0 Å². The first-order valence-corrected chi connectivity index (χ1v) is 12.9. The molecule has 0 unspecified atom stereocenters. The number of nitrogens with zero attached hydrogens (tertiary/aromatic N) is 1. The molecule has 1 aliphatic heterocycles. The van der Waals surface area contributed by atoms with Gasteiger partial charge >= 0.3 is 5.97 Å². The molecule has 0 saturated carbocycles. The van der Waals surface area contributed by atoms with Crippen LogP contribution in [0.5, 0.6) is 5.75 Å². The van der Waals surface area contributed by atoms with Crippen LogP contribution in [0.15, 0.2) is 29.2 Å². The van der Waals surface area contributed by atoms with Crippen LogP contribution in [0.1, 0.15) is 45.8 Å². The Bertz CT molecular complexity index is 1100. The predicted octanol–water partition coefficient (Wildman–Crippen LogP) is 3.22. The van der Waals surface area contributed by atoms with Gasteiger partial charge in [0.2, 0.25) is 10.0 Å². The second-order valence-corrected chi connectivity index (χ2v) is 10.9. The second kappa shape index (κ2) is 9.60. The van der Waals surface area contributed by atoms with Crippen LogP contribution in [0.25, 0.3) is 0 Å². The predicted molar refractivity (Wildman–Crippen MR) is 121 cm³/mol. The summed E-state index contributed by atoms with van der Waals surface area (Å²) in [6, 6.07) is 6.19. The van der Waals surface area contributed by atoms with Crippen molar-refractivity contribution in [2.24, 2.45) is 0 Å². The number of esters is 1. The Hall–Kier alpha value is -2.43. The Morgan fingerprint density at radius 3 is 2.59 bits per heavy atom. The van der Waals surface area contributed by atoms with Crippen LogP contribution in [0.4, 0.5) is 5.69 Å². The highest BCUT2D eigenvalue weighted by Gasteiger charge is 2.27. The minimum Gasteiger partial charge on any atom is -0.495 e. The fourth-order valence-electron chi connectivity index (χ4n) is 4.02. The third kappa shape index (κ3) is 4.82. The van der Waals surface area contributed by atoms with Crippen molar-refractivity contribution in [1.29, 1.82) is 0 Å². The van der Waals surface area contributed by atoms with Crippen molar-refractivity contribution in [2.75, 3.05) is 32.1 Å². The van der Waals surface area contributed by atoms with Gasteiger partial charge in [-0.15, -0.1) is 11.3 Å². The maximum Gasteiger partial charge on any atom is 0.348 e. The topological polar surface area (TPSA) is 102 Å². The number of hydrogen-bond acceptors (Lipinski definition) is 7.